The summed E-state index contributed by atoms with van der Waals surface area (Å²) in [7, 11) is 0. The predicted molar refractivity (Wildman–Crippen MR) is 61.2 cm³/mol. The van der Waals surface area contributed by atoms with E-state index in [2.05, 4.69) is 0 Å². The maximum absolute atomic E-state index is 13.7. The van der Waals surface area contributed by atoms with Crippen LogP contribution in [0.2, 0.25) is 0 Å². The number of aryl methyl sites for hydroxylation is 1. The van der Waals surface area contributed by atoms with Gasteiger partial charge in [-0.05, 0) is 25.0 Å². The summed E-state index contributed by atoms with van der Waals surface area (Å²) in [4.78, 5) is 0. The van der Waals surface area contributed by atoms with Crippen LogP contribution in [0.15, 0.2) is 24.3 Å². The molecular weight excluding hydrogens is 244 g/mol. The number of rotatable bonds is 1. The molecule has 2 rings (SSSR count). The normalized spacial score (nSPS) is 10.8. The van der Waals surface area contributed by atoms with E-state index in [0.717, 1.165) is 5.56 Å². The second-order valence-electron chi connectivity index (χ2n) is 4.12. The highest BCUT2D eigenvalue weighted by Gasteiger charge is 2.23. The fourth-order valence-corrected chi connectivity index (χ4v) is 1.80. The lowest BCUT2D eigenvalue weighted by Gasteiger charge is -2.11. The van der Waals surface area contributed by atoms with Crippen molar-refractivity contribution in [2.45, 2.75) is 13.8 Å². The van der Waals surface area contributed by atoms with Crippen LogP contribution in [-0.4, -0.2) is 0 Å². The Morgan fingerprint density at radius 3 is 1.72 bits per heavy atom. The van der Waals surface area contributed by atoms with Crippen LogP contribution in [0, 0.1) is 37.1 Å². The molecule has 0 aliphatic heterocycles. The van der Waals surface area contributed by atoms with E-state index in [9.17, 15) is 17.6 Å². The fraction of sp³-hybridized carbons (Fsp3) is 0.143. The Morgan fingerprint density at radius 1 is 0.667 bits per heavy atom. The molecule has 0 aromatic heterocycles. The molecule has 0 saturated heterocycles. The van der Waals surface area contributed by atoms with Gasteiger partial charge in [0, 0.05) is 5.56 Å². The van der Waals surface area contributed by atoms with Crippen molar-refractivity contribution in [3.05, 3.63) is 58.7 Å². The van der Waals surface area contributed by atoms with Crippen molar-refractivity contribution in [3.8, 4) is 11.1 Å². The standard InChI is InChI=1S/C14H10F4/c1-7-3-5-9(6-4-7)10-8(2)11(15)13(17)14(18)12(10)16/h3-6H,1-2H3. The maximum atomic E-state index is 13.7. The molecule has 0 heterocycles. The Bertz CT molecular complexity index is 571. The monoisotopic (exact) mass is 254 g/mol. The first kappa shape index (κ1) is 12.6. The van der Waals surface area contributed by atoms with E-state index in [-0.39, 0.29) is 11.1 Å². The van der Waals surface area contributed by atoms with Crippen LogP contribution in [0.3, 0.4) is 0 Å². The van der Waals surface area contributed by atoms with Gasteiger partial charge in [-0.25, -0.2) is 17.6 Å². The smallest absolute Gasteiger partial charge is 0.198 e. The van der Waals surface area contributed by atoms with Crippen molar-refractivity contribution in [1.29, 1.82) is 0 Å². The highest BCUT2D eigenvalue weighted by atomic mass is 19.2. The molecular formula is C14H10F4. The van der Waals surface area contributed by atoms with Gasteiger partial charge in [0.25, 0.3) is 0 Å². The van der Waals surface area contributed by atoms with Gasteiger partial charge in [0.1, 0.15) is 0 Å². The van der Waals surface area contributed by atoms with Crippen molar-refractivity contribution in [2.24, 2.45) is 0 Å². The molecule has 0 amide bonds. The topological polar surface area (TPSA) is 0 Å². The molecule has 0 radical (unpaired) electrons. The van der Waals surface area contributed by atoms with Crippen LogP contribution in [0.25, 0.3) is 11.1 Å². The first-order chi connectivity index (χ1) is 8.43. The summed E-state index contributed by atoms with van der Waals surface area (Å²) in [6, 6.07) is 6.45. The summed E-state index contributed by atoms with van der Waals surface area (Å²) in [5.41, 5.74) is 0.759. The largest absolute Gasteiger partial charge is 0.203 e. The lowest BCUT2D eigenvalue weighted by Crippen LogP contribution is -2.03. The Labute approximate surface area is 102 Å². The highest BCUT2D eigenvalue weighted by molar-refractivity contribution is 5.68. The first-order valence-corrected chi connectivity index (χ1v) is 5.33. The average Bonchev–Trinajstić information content (AvgIpc) is 2.36. The van der Waals surface area contributed by atoms with Gasteiger partial charge in [0.2, 0.25) is 0 Å². The lowest BCUT2D eigenvalue weighted by atomic mass is 9.98. The van der Waals surface area contributed by atoms with Gasteiger partial charge in [-0.2, -0.15) is 0 Å². The SMILES string of the molecule is Cc1ccc(-c2c(C)c(F)c(F)c(F)c2F)cc1. The molecule has 0 N–H and O–H groups in total. The maximum Gasteiger partial charge on any atom is 0.198 e. The third-order valence-corrected chi connectivity index (χ3v) is 2.84. The van der Waals surface area contributed by atoms with Gasteiger partial charge in [-0.1, -0.05) is 29.8 Å². The van der Waals surface area contributed by atoms with Crippen LogP contribution in [0.4, 0.5) is 17.6 Å². The van der Waals surface area contributed by atoms with Crippen molar-refractivity contribution >= 4 is 0 Å². The molecule has 4 heteroatoms. The third kappa shape index (κ3) is 1.88. The molecule has 0 atom stereocenters. The van der Waals surface area contributed by atoms with Gasteiger partial charge in [0.15, 0.2) is 23.3 Å². The van der Waals surface area contributed by atoms with E-state index in [1.54, 1.807) is 12.1 Å². The van der Waals surface area contributed by atoms with Gasteiger partial charge in [0.05, 0.1) is 0 Å². The highest BCUT2D eigenvalue weighted by Crippen LogP contribution is 2.32. The minimum atomic E-state index is -1.78. The Morgan fingerprint density at radius 2 is 1.17 bits per heavy atom. The molecule has 94 valence electrons. The molecule has 0 saturated carbocycles. The molecule has 2 aromatic rings. The summed E-state index contributed by atoms with van der Waals surface area (Å²) in [6.45, 7) is 3.05. The second-order valence-corrected chi connectivity index (χ2v) is 4.12. The van der Waals surface area contributed by atoms with E-state index < -0.39 is 23.3 Å². The van der Waals surface area contributed by atoms with Gasteiger partial charge in [-0.15, -0.1) is 0 Å². The number of hydrogen-bond donors (Lipinski definition) is 0. The van der Waals surface area contributed by atoms with E-state index in [0.29, 0.717) is 5.56 Å². The quantitative estimate of drug-likeness (QED) is 0.398. The van der Waals surface area contributed by atoms with E-state index in [4.69, 9.17) is 0 Å². The summed E-state index contributed by atoms with van der Waals surface area (Å²) in [6.07, 6.45) is 0. The molecule has 0 aliphatic rings. The molecule has 0 unspecified atom stereocenters. The molecule has 0 aliphatic carbocycles. The zero-order chi connectivity index (χ0) is 13.4. The zero-order valence-corrected chi connectivity index (χ0v) is 9.82. The molecule has 18 heavy (non-hydrogen) atoms. The lowest BCUT2D eigenvalue weighted by molar-refractivity contribution is 0.408. The summed E-state index contributed by atoms with van der Waals surface area (Å²) in [5, 5.41) is 0. The molecule has 2 aromatic carbocycles. The van der Waals surface area contributed by atoms with Crippen LogP contribution in [0.1, 0.15) is 11.1 Å². The number of halogens is 4. The number of benzene rings is 2. The minimum absolute atomic E-state index is 0.241. The molecule has 0 fully saturated rings. The predicted octanol–water partition coefficient (Wildman–Crippen LogP) is 4.53. The Hall–Kier alpha value is -1.84. The number of hydrogen-bond acceptors (Lipinski definition) is 0. The summed E-state index contributed by atoms with van der Waals surface area (Å²) < 4.78 is 53.4. The Kier molecular flexibility index (Phi) is 3.11. The second kappa shape index (κ2) is 4.44. The average molecular weight is 254 g/mol. The van der Waals surface area contributed by atoms with Crippen molar-refractivity contribution < 1.29 is 17.6 Å². The molecule has 0 spiro atoms. The van der Waals surface area contributed by atoms with Crippen molar-refractivity contribution in [1.82, 2.24) is 0 Å². The van der Waals surface area contributed by atoms with Crippen molar-refractivity contribution in [3.63, 3.8) is 0 Å². The molecule has 0 nitrogen and oxygen atoms in total. The van der Waals surface area contributed by atoms with E-state index >= 15 is 0 Å². The minimum Gasteiger partial charge on any atom is -0.203 e. The molecule has 0 bridgehead atoms. The van der Waals surface area contributed by atoms with Gasteiger partial charge < -0.3 is 0 Å². The van der Waals surface area contributed by atoms with E-state index in [1.165, 1.54) is 19.1 Å². The fourth-order valence-electron chi connectivity index (χ4n) is 1.80. The van der Waals surface area contributed by atoms with E-state index in [1.807, 2.05) is 6.92 Å². The van der Waals surface area contributed by atoms with Crippen LogP contribution < -0.4 is 0 Å². The van der Waals surface area contributed by atoms with Crippen molar-refractivity contribution in [2.75, 3.05) is 0 Å². The third-order valence-electron chi connectivity index (χ3n) is 2.84. The Balaban J connectivity index is 2.75. The van der Waals surface area contributed by atoms with Crippen LogP contribution >= 0.6 is 0 Å². The van der Waals surface area contributed by atoms with Crippen LogP contribution in [-0.2, 0) is 0 Å². The summed E-state index contributed by atoms with van der Waals surface area (Å²) >= 11 is 0. The van der Waals surface area contributed by atoms with Gasteiger partial charge >= 0.3 is 0 Å². The first-order valence-electron chi connectivity index (χ1n) is 5.33. The summed E-state index contributed by atoms with van der Waals surface area (Å²) in [5.74, 6) is -6.28. The zero-order valence-electron chi connectivity index (χ0n) is 9.82. The van der Waals surface area contributed by atoms with Crippen LogP contribution in [0.5, 0.6) is 0 Å². The van der Waals surface area contributed by atoms with Gasteiger partial charge in [-0.3, -0.25) is 0 Å².